The number of benzene rings is 1. The highest BCUT2D eigenvalue weighted by molar-refractivity contribution is 9.10. The highest BCUT2D eigenvalue weighted by atomic mass is 79.9. The van der Waals surface area contributed by atoms with Crippen molar-refractivity contribution in [1.82, 2.24) is 0 Å². The van der Waals surface area contributed by atoms with E-state index in [-0.39, 0.29) is 6.42 Å². The van der Waals surface area contributed by atoms with Crippen molar-refractivity contribution in [2.45, 2.75) is 26.2 Å². The summed E-state index contributed by atoms with van der Waals surface area (Å²) in [7, 11) is 3.17. The summed E-state index contributed by atoms with van der Waals surface area (Å²) in [5, 5.41) is 8.66. The van der Waals surface area contributed by atoms with Gasteiger partial charge in [0.2, 0.25) is 0 Å². The number of carboxylic acids is 1. The SMILES string of the molecule is COc1cc(C)c(CCCC(=O)O)c(Br)c1OC. The van der Waals surface area contributed by atoms with E-state index in [0.717, 1.165) is 15.6 Å². The lowest BCUT2D eigenvalue weighted by Gasteiger charge is -2.15. The summed E-state index contributed by atoms with van der Waals surface area (Å²) >= 11 is 3.50. The number of methoxy groups -OCH3 is 2. The molecule has 0 aliphatic heterocycles. The molecule has 0 aliphatic rings. The summed E-state index contributed by atoms with van der Waals surface area (Å²) in [6, 6.07) is 1.90. The van der Waals surface area contributed by atoms with Crippen molar-refractivity contribution >= 4 is 21.9 Å². The smallest absolute Gasteiger partial charge is 0.303 e. The van der Waals surface area contributed by atoms with E-state index < -0.39 is 5.97 Å². The standard InChI is InChI=1S/C13H17BrO4/c1-8-7-10(17-2)13(18-3)12(14)9(8)5-4-6-11(15)16/h7H,4-6H2,1-3H3,(H,15,16). The van der Waals surface area contributed by atoms with E-state index in [1.54, 1.807) is 14.2 Å². The zero-order valence-electron chi connectivity index (χ0n) is 10.7. The van der Waals surface area contributed by atoms with Crippen molar-refractivity contribution in [1.29, 1.82) is 0 Å². The Labute approximate surface area is 115 Å². The Morgan fingerprint density at radius 3 is 2.56 bits per heavy atom. The molecule has 0 saturated carbocycles. The maximum Gasteiger partial charge on any atom is 0.303 e. The molecule has 18 heavy (non-hydrogen) atoms. The Kier molecular flexibility index (Phi) is 5.47. The predicted molar refractivity (Wildman–Crippen MR) is 72.6 cm³/mol. The summed E-state index contributed by atoms with van der Waals surface area (Å²) < 4.78 is 11.4. The van der Waals surface area contributed by atoms with Crippen LogP contribution in [0.1, 0.15) is 24.0 Å². The Balaban J connectivity index is 3.00. The first-order chi connectivity index (χ1) is 8.51. The van der Waals surface area contributed by atoms with Gasteiger partial charge in [-0.15, -0.1) is 0 Å². The predicted octanol–water partition coefficient (Wildman–Crippen LogP) is 3.18. The Morgan fingerprint density at radius 1 is 1.39 bits per heavy atom. The van der Waals surface area contributed by atoms with E-state index >= 15 is 0 Å². The van der Waals surface area contributed by atoms with Gasteiger partial charge in [0.05, 0.1) is 18.7 Å². The zero-order valence-corrected chi connectivity index (χ0v) is 12.3. The summed E-state index contributed by atoms with van der Waals surface area (Å²) in [4.78, 5) is 10.5. The van der Waals surface area contributed by atoms with E-state index in [1.807, 2.05) is 13.0 Å². The highest BCUT2D eigenvalue weighted by Crippen LogP contribution is 2.40. The van der Waals surface area contributed by atoms with Crippen LogP contribution in [0.25, 0.3) is 0 Å². The molecule has 0 radical (unpaired) electrons. The van der Waals surface area contributed by atoms with Crippen LogP contribution in [0.4, 0.5) is 0 Å². The molecule has 1 aromatic carbocycles. The first-order valence-corrected chi connectivity index (χ1v) is 6.42. The Morgan fingerprint density at radius 2 is 2.06 bits per heavy atom. The summed E-state index contributed by atoms with van der Waals surface area (Å²) in [6.07, 6.45) is 1.46. The van der Waals surface area contributed by atoms with Gasteiger partial charge < -0.3 is 14.6 Å². The van der Waals surface area contributed by atoms with Gasteiger partial charge in [-0.3, -0.25) is 4.79 Å². The maximum absolute atomic E-state index is 10.5. The first kappa shape index (κ1) is 14.8. The minimum Gasteiger partial charge on any atom is -0.493 e. The van der Waals surface area contributed by atoms with Gasteiger partial charge in [0, 0.05) is 6.42 Å². The number of rotatable bonds is 6. The lowest BCUT2D eigenvalue weighted by atomic mass is 10.0. The first-order valence-electron chi connectivity index (χ1n) is 5.63. The molecule has 0 fully saturated rings. The minimum atomic E-state index is -0.774. The van der Waals surface area contributed by atoms with Gasteiger partial charge in [0.25, 0.3) is 0 Å². The van der Waals surface area contributed by atoms with Crippen LogP contribution < -0.4 is 9.47 Å². The van der Waals surface area contributed by atoms with Crippen molar-refractivity contribution in [3.63, 3.8) is 0 Å². The van der Waals surface area contributed by atoms with Crippen LogP contribution in [0.2, 0.25) is 0 Å². The van der Waals surface area contributed by atoms with Crippen LogP contribution in [-0.2, 0) is 11.2 Å². The molecule has 5 heteroatoms. The largest absolute Gasteiger partial charge is 0.493 e. The molecule has 1 N–H and O–H groups in total. The maximum atomic E-state index is 10.5. The lowest BCUT2D eigenvalue weighted by molar-refractivity contribution is -0.137. The average molecular weight is 317 g/mol. The molecule has 0 heterocycles. The summed E-state index contributed by atoms with van der Waals surface area (Å²) in [5.74, 6) is 0.543. The third-order valence-electron chi connectivity index (χ3n) is 2.75. The van der Waals surface area contributed by atoms with Crippen LogP contribution in [0.15, 0.2) is 10.5 Å². The lowest BCUT2D eigenvalue weighted by Crippen LogP contribution is -2.01. The quantitative estimate of drug-likeness (QED) is 0.875. The fourth-order valence-electron chi connectivity index (χ4n) is 1.83. The monoisotopic (exact) mass is 316 g/mol. The summed E-state index contributed by atoms with van der Waals surface area (Å²) in [6.45, 7) is 1.98. The van der Waals surface area contributed by atoms with Crippen LogP contribution in [-0.4, -0.2) is 25.3 Å². The molecular formula is C13H17BrO4. The van der Waals surface area contributed by atoms with E-state index in [4.69, 9.17) is 14.6 Å². The number of hydrogen-bond donors (Lipinski definition) is 1. The third-order valence-corrected chi connectivity index (χ3v) is 3.59. The van der Waals surface area contributed by atoms with Crippen LogP contribution in [0.5, 0.6) is 11.5 Å². The topological polar surface area (TPSA) is 55.8 Å². The van der Waals surface area contributed by atoms with Gasteiger partial charge in [-0.1, -0.05) is 0 Å². The molecule has 4 nitrogen and oxygen atoms in total. The third kappa shape index (κ3) is 3.38. The molecule has 0 unspecified atom stereocenters. The van der Waals surface area contributed by atoms with Gasteiger partial charge in [-0.2, -0.15) is 0 Å². The Bertz CT molecular complexity index is 443. The van der Waals surface area contributed by atoms with Gasteiger partial charge in [-0.25, -0.2) is 0 Å². The fourth-order valence-corrected chi connectivity index (χ4v) is 2.70. The van der Waals surface area contributed by atoms with Gasteiger partial charge >= 0.3 is 5.97 Å². The molecule has 100 valence electrons. The van der Waals surface area contributed by atoms with E-state index in [9.17, 15) is 4.79 Å². The second-order valence-electron chi connectivity index (χ2n) is 3.97. The minimum absolute atomic E-state index is 0.167. The molecule has 1 rings (SSSR count). The second kappa shape index (κ2) is 6.64. The van der Waals surface area contributed by atoms with Crippen LogP contribution in [0, 0.1) is 6.92 Å². The number of carboxylic acid groups (broad SMARTS) is 1. The number of hydrogen-bond acceptors (Lipinski definition) is 3. The van der Waals surface area contributed by atoms with Crippen molar-refractivity contribution < 1.29 is 19.4 Å². The van der Waals surface area contributed by atoms with Crippen molar-refractivity contribution in [3.8, 4) is 11.5 Å². The molecular weight excluding hydrogens is 300 g/mol. The molecule has 0 atom stereocenters. The number of aliphatic carboxylic acids is 1. The number of halogens is 1. The van der Waals surface area contributed by atoms with Gasteiger partial charge in [0.15, 0.2) is 11.5 Å². The van der Waals surface area contributed by atoms with Crippen LogP contribution >= 0.6 is 15.9 Å². The van der Waals surface area contributed by atoms with Gasteiger partial charge in [-0.05, 0) is 52.9 Å². The molecule has 1 aromatic rings. The van der Waals surface area contributed by atoms with E-state index in [1.165, 1.54) is 0 Å². The zero-order chi connectivity index (χ0) is 13.7. The van der Waals surface area contributed by atoms with Crippen molar-refractivity contribution in [3.05, 3.63) is 21.7 Å². The van der Waals surface area contributed by atoms with Crippen LogP contribution in [0.3, 0.4) is 0 Å². The van der Waals surface area contributed by atoms with Crippen molar-refractivity contribution in [2.24, 2.45) is 0 Å². The van der Waals surface area contributed by atoms with Crippen molar-refractivity contribution in [2.75, 3.05) is 14.2 Å². The molecule has 0 spiro atoms. The molecule has 0 saturated heterocycles. The molecule has 0 bridgehead atoms. The molecule has 0 aliphatic carbocycles. The molecule has 0 aromatic heterocycles. The number of aryl methyl sites for hydroxylation is 1. The molecule has 0 amide bonds. The van der Waals surface area contributed by atoms with E-state index in [0.29, 0.717) is 24.3 Å². The number of carbonyl (C=O) groups is 1. The second-order valence-corrected chi connectivity index (χ2v) is 4.76. The van der Waals surface area contributed by atoms with E-state index in [2.05, 4.69) is 15.9 Å². The Hall–Kier alpha value is -1.23. The fraction of sp³-hybridized carbons (Fsp3) is 0.462. The summed E-state index contributed by atoms with van der Waals surface area (Å²) in [5.41, 5.74) is 2.12. The van der Waals surface area contributed by atoms with Gasteiger partial charge in [0.1, 0.15) is 0 Å². The normalized spacial score (nSPS) is 10.2. The number of ether oxygens (including phenoxy) is 2. The highest BCUT2D eigenvalue weighted by Gasteiger charge is 2.15. The average Bonchev–Trinajstić information content (AvgIpc) is 2.32.